The van der Waals surface area contributed by atoms with Gasteiger partial charge in [0.2, 0.25) is 0 Å². The molecule has 17 heavy (non-hydrogen) atoms. The van der Waals surface area contributed by atoms with Crippen LogP contribution in [0.2, 0.25) is 0 Å². The van der Waals surface area contributed by atoms with Gasteiger partial charge in [-0.25, -0.2) is 0 Å². The van der Waals surface area contributed by atoms with Crippen LogP contribution < -0.4 is 5.32 Å². The maximum atomic E-state index is 11.7. The normalized spacial score (nSPS) is 19.3. The molecule has 1 saturated heterocycles. The molecule has 5 nitrogen and oxygen atoms in total. The SMILES string of the molecule is CCOC(=O)C(CN(C)C1CCOCC1)NC. The van der Waals surface area contributed by atoms with E-state index in [-0.39, 0.29) is 12.0 Å². The fraction of sp³-hybridized carbons (Fsp3) is 0.917. The first-order valence-corrected chi connectivity index (χ1v) is 6.31. The zero-order chi connectivity index (χ0) is 12.7. The average Bonchev–Trinajstić information content (AvgIpc) is 2.37. The van der Waals surface area contributed by atoms with Gasteiger partial charge in [0.15, 0.2) is 0 Å². The first kappa shape index (κ1) is 14.4. The highest BCUT2D eigenvalue weighted by Gasteiger charge is 2.24. The van der Waals surface area contributed by atoms with Crippen LogP contribution in [0.1, 0.15) is 19.8 Å². The number of ether oxygens (including phenoxy) is 2. The van der Waals surface area contributed by atoms with Crippen molar-refractivity contribution in [1.82, 2.24) is 10.2 Å². The van der Waals surface area contributed by atoms with Crippen LogP contribution in [0.15, 0.2) is 0 Å². The molecular weight excluding hydrogens is 220 g/mol. The molecule has 1 N–H and O–H groups in total. The van der Waals surface area contributed by atoms with Crippen molar-refractivity contribution < 1.29 is 14.3 Å². The van der Waals surface area contributed by atoms with Gasteiger partial charge >= 0.3 is 5.97 Å². The largest absolute Gasteiger partial charge is 0.465 e. The number of carbonyl (C=O) groups excluding carboxylic acids is 1. The number of hydrogen-bond acceptors (Lipinski definition) is 5. The third-order valence-electron chi connectivity index (χ3n) is 3.20. The number of likely N-dealkylation sites (N-methyl/N-ethyl adjacent to an activating group) is 2. The molecule has 0 amide bonds. The zero-order valence-electron chi connectivity index (χ0n) is 11.1. The lowest BCUT2D eigenvalue weighted by molar-refractivity contribution is -0.146. The van der Waals surface area contributed by atoms with Gasteiger partial charge in [0.1, 0.15) is 6.04 Å². The highest BCUT2D eigenvalue weighted by atomic mass is 16.5. The molecule has 0 bridgehead atoms. The van der Waals surface area contributed by atoms with Gasteiger partial charge in [0.25, 0.3) is 0 Å². The second-order valence-corrected chi connectivity index (χ2v) is 4.38. The standard InChI is InChI=1S/C12H24N2O3/c1-4-17-12(15)11(13-2)9-14(3)10-5-7-16-8-6-10/h10-11,13H,4-9H2,1-3H3. The van der Waals surface area contributed by atoms with Gasteiger partial charge in [0.05, 0.1) is 6.61 Å². The van der Waals surface area contributed by atoms with Crippen LogP contribution in [0.4, 0.5) is 0 Å². The molecule has 1 aliphatic rings. The van der Waals surface area contributed by atoms with Gasteiger partial charge in [0, 0.05) is 25.8 Å². The number of nitrogens with one attached hydrogen (secondary N) is 1. The Bertz CT molecular complexity index is 230. The van der Waals surface area contributed by atoms with E-state index in [1.54, 1.807) is 7.05 Å². The van der Waals surface area contributed by atoms with Crippen LogP contribution in [0.5, 0.6) is 0 Å². The first-order valence-electron chi connectivity index (χ1n) is 6.31. The van der Waals surface area contributed by atoms with Crippen LogP contribution in [0.3, 0.4) is 0 Å². The molecule has 1 rings (SSSR count). The molecular formula is C12H24N2O3. The maximum absolute atomic E-state index is 11.7. The Balaban J connectivity index is 2.40. The number of rotatable bonds is 6. The lowest BCUT2D eigenvalue weighted by Crippen LogP contribution is -2.48. The Morgan fingerprint density at radius 2 is 2.18 bits per heavy atom. The number of hydrogen-bond donors (Lipinski definition) is 1. The van der Waals surface area contributed by atoms with Gasteiger partial charge in [-0.3, -0.25) is 4.79 Å². The van der Waals surface area contributed by atoms with E-state index < -0.39 is 0 Å². The summed E-state index contributed by atoms with van der Waals surface area (Å²) in [6.45, 7) is 4.57. The molecule has 1 unspecified atom stereocenters. The summed E-state index contributed by atoms with van der Waals surface area (Å²) in [4.78, 5) is 13.9. The second-order valence-electron chi connectivity index (χ2n) is 4.38. The van der Waals surface area contributed by atoms with Crippen LogP contribution >= 0.6 is 0 Å². The Morgan fingerprint density at radius 3 is 2.71 bits per heavy atom. The quantitative estimate of drug-likeness (QED) is 0.679. The Morgan fingerprint density at radius 1 is 1.53 bits per heavy atom. The van der Waals surface area contributed by atoms with E-state index in [4.69, 9.17) is 9.47 Å². The number of carbonyl (C=O) groups is 1. The summed E-state index contributed by atoms with van der Waals surface area (Å²) in [6, 6.07) is 0.261. The first-order chi connectivity index (χ1) is 8.19. The molecule has 0 spiro atoms. The van der Waals surface area contributed by atoms with Crippen molar-refractivity contribution in [2.75, 3.05) is 40.5 Å². The molecule has 0 aliphatic carbocycles. The van der Waals surface area contributed by atoms with Gasteiger partial charge in [-0.05, 0) is 33.9 Å². The summed E-state index contributed by atoms with van der Waals surface area (Å²) in [5.74, 6) is -0.172. The van der Waals surface area contributed by atoms with Gasteiger partial charge in [-0.1, -0.05) is 0 Å². The molecule has 0 aromatic heterocycles. The molecule has 0 radical (unpaired) electrons. The predicted octanol–water partition coefficient (Wildman–Crippen LogP) is 0.248. The molecule has 0 saturated carbocycles. The van der Waals surface area contributed by atoms with E-state index in [1.165, 1.54) is 0 Å². The average molecular weight is 244 g/mol. The highest BCUT2D eigenvalue weighted by molar-refractivity contribution is 5.76. The fourth-order valence-electron chi connectivity index (χ4n) is 2.09. The van der Waals surface area contributed by atoms with E-state index >= 15 is 0 Å². The molecule has 5 heteroatoms. The third kappa shape index (κ3) is 4.61. The van der Waals surface area contributed by atoms with Crippen molar-refractivity contribution in [2.45, 2.75) is 31.8 Å². The zero-order valence-corrected chi connectivity index (χ0v) is 11.1. The van der Waals surface area contributed by atoms with E-state index in [1.807, 2.05) is 6.92 Å². The molecule has 1 fully saturated rings. The lowest BCUT2D eigenvalue weighted by atomic mass is 10.1. The monoisotopic (exact) mass is 244 g/mol. The summed E-state index contributed by atoms with van der Waals surface area (Å²) in [5, 5.41) is 3.01. The summed E-state index contributed by atoms with van der Waals surface area (Å²) in [6.07, 6.45) is 2.07. The molecule has 0 aromatic carbocycles. The van der Waals surface area contributed by atoms with E-state index in [2.05, 4.69) is 17.3 Å². The van der Waals surface area contributed by atoms with E-state index in [0.717, 1.165) is 26.1 Å². The molecule has 1 aliphatic heterocycles. The fourth-order valence-corrected chi connectivity index (χ4v) is 2.09. The third-order valence-corrected chi connectivity index (χ3v) is 3.20. The summed E-state index contributed by atoms with van der Waals surface area (Å²) >= 11 is 0. The van der Waals surface area contributed by atoms with Crippen molar-refractivity contribution in [2.24, 2.45) is 0 Å². The molecule has 1 atom stereocenters. The van der Waals surface area contributed by atoms with Crippen LogP contribution in [0.25, 0.3) is 0 Å². The minimum atomic E-state index is -0.247. The molecule has 100 valence electrons. The minimum absolute atomic E-state index is 0.172. The molecule has 1 heterocycles. The lowest BCUT2D eigenvalue weighted by Gasteiger charge is -2.32. The van der Waals surface area contributed by atoms with Crippen molar-refractivity contribution >= 4 is 5.97 Å². The Hall–Kier alpha value is -0.650. The van der Waals surface area contributed by atoms with Crippen LogP contribution in [-0.4, -0.2) is 63.4 Å². The van der Waals surface area contributed by atoms with Gasteiger partial charge < -0.3 is 19.7 Å². The second kappa shape index (κ2) is 7.63. The van der Waals surface area contributed by atoms with Gasteiger partial charge in [-0.15, -0.1) is 0 Å². The Labute approximate surface area is 103 Å². The summed E-state index contributed by atoms with van der Waals surface area (Å²) in [5.41, 5.74) is 0. The maximum Gasteiger partial charge on any atom is 0.324 e. The summed E-state index contributed by atoms with van der Waals surface area (Å²) in [7, 11) is 3.85. The van der Waals surface area contributed by atoms with Crippen LogP contribution in [-0.2, 0) is 14.3 Å². The van der Waals surface area contributed by atoms with E-state index in [0.29, 0.717) is 19.2 Å². The van der Waals surface area contributed by atoms with Crippen molar-refractivity contribution in [3.63, 3.8) is 0 Å². The molecule has 0 aromatic rings. The number of nitrogens with zero attached hydrogens (tertiary/aromatic N) is 1. The number of esters is 1. The Kier molecular flexibility index (Phi) is 6.47. The van der Waals surface area contributed by atoms with Gasteiger partial charge in [-0.2, -0.15) is 0 Å². The summed E-state index contributed by atoms with van der Waals surface area (Å²) < 4.78 is 10.4. The van der Waals surface area contributed by atoms with E-state index in [9.17, 15) is 4.79 Å². The smallest absolute Gasteiger partial charge is 0.324 e. The highest BCUT2D eigenvalue weighted by Crippen LogP contribution is 2.13. The van der Waals surface area contributed by atoms with Crippen molar-refractivity contribution in [3.8, 4) is 0 Å². The topological polar surface area (TPSA) is 50.8 Å². The minimum Gasteiger partial charge on any atom is -0.465 e. The van der Waals surface area contributed by atoms with Crippen LogP contribution in [0, 0.1) is 0 Å². The van der Waals surface area contributed by atoms with Crippen molar-refractivity contribution in [3.05, 3.63) is 0 Å². The predicted molar refractivity (Wildman–Crippen MR) is 66.0 cm³/mol. The van der Waals surface area contributed by atoms with Crippen molar-refractivity contribution in [1.29, 1.82) is 0 Å².